The second-order valence-electron chi connectivity index (χ2n) is 5.33. The lowest BCUT2D eigenvalue weighted by Gasteiger charge is -2.18. The highest BCUT2D eigenvalue weighted by molar-refractivity contribution is 5.76. The van der Waals surface area contributed by atoms with Gasteiger partial charge in [-0.3, -0.25) is 4.79 Å². The second kappa shape index (κ2) is 7.12. The summed E-state index contributed by atoms with van der Waals surface area (Å²) in [6, 6.07) is 7.87. The molecule has 0 saturated heterocycles. The zero-order valence-electron chi connectivity index (χ0n) is 11.9. The average molecular weight is 271 g/mol. The van der Waals surface area contributed by atoms with Gasteiger partial charge in [-0.25, -0.2) is 0 Å². The van der Waals surface area contributed by atoms with Crippen LogP contribution in [0, 0.1) is 17.8 Å². The Kier molecular flexibility index (Phi) is 5.20. The van der Waals surface area contributed by atoms with E-state index in [9.17, 15) is 4.79 Å². The summed E-state index contributed by atoms with van der Waals surface area (Å²) in [5, 5.41) is 8.77. The molecule has 1 amide bonds. The molecular formula is C17H21NO2. The number of rotatable bonds is 5. The predicted molar refractivity (Wildman–Crippen MR) is 78.8 cm³/mol. The summed E-state index contributed by atoms with van der Waals surface area (Å²) in [5.74, 6) is 6.83. The minimum atomic E-state index is 0.0783. The molecule has 0 aromatic heterocycles. The molecule has 0 spiro atoms. The van der Waals surface area contributed by atoms with E-state index in [1.165, 1.54) is 12.8 Å². The van der Waals surface area contributed by atoms with Gasteiger partial charge in [0.15, 0.2) is 0 Å². The number of nitrogens with zero attached hydrogens (tertiary/aromatic N) is 1. The third kappa shape index (κ3) is 4.40. The van der Waals surface area contributed by atoms with Gasteiger partial charge in [0.25, 0.3) is 0 Å². The third-order valence-corrected chi connectivity index (χ3v) is 3.47. The first-order valence-electron chi connectivity index (χ1n) is 7.12. The molecule has 1 aromatic carbocycles. The molecule has 20 heavy (non-hydrogen) atoms. The topological polar surface area (TPSA) is 40.5 Å². The van der Waals surface area contributed by atoms with Gasteiger partial charge in [-0.2, -0.15) is 0 Å². The molecule has 1 aliphatic carbocycles. The quantitative estimate of drug-likeness (QED) is 0.834. The van der Waals surface area contributed by atoms with E-state index in [4.69, 9.17) is 5.11 Å². The minimum Gasteiger partial charge on any atom is -0.395 e. The van der Waals surface area contributed by atoms with Gasteiger partial charge in [0.05, 0.1) is 6.61 Å². The molecule has 1 saturated carbocycles. The SMILES string of the molecule is CN(Cc1ccccc1C#CCCO)C(=O)CC1CC1. The number of aliphatic hydroxyl groups is 1. The highest BCUT2D eigenvalue weighted by Crippen LogP contribution is 2.32. The minimum absolute atomic E-state index is 0.0783. The van der Waals surface area contributed by atoms with Crippen molar-refractivity contribution in [3.63, 3.8) is 0 Å². The largest absolute Gasteiger partial charge is 0.395 e. The Morgan fingerprint density at radius 3 is 2.85 bits per heavy atom. The number of carbonyl (C=O) groups excluding carboxylic acids is 1. The summed E-state index contributed by atoms with van der Waals surface area (Å²) in [7, 11) is 1.85. The summed E-state index contributed by atoms with van der Waals surface area (Å²) >= 11 is 0. The predicted octanol–water partition coefficient (Wildman–Crippen LogP) is 2.18. The van der Waals surface area contributed by atoms with Crippen molar-refractivity contribution in [3.8, 4) is 11.8 Å². The Balaban J connectivity index is 2.00. The van der Waals surface area contributed by atoms with E-state index in [1.54, 1.807) is 4.90 Å². The molecule has 0 radical (unpaired) electrons. The molecule has 0 heterocycles. The molecule has 0 aliphatic heterocycles. The maximum Gasteiger partial charge on any atom is 0.222 e. The maximum absolute atomic E-state index is 12.0. The van der Waals surface area contributed by atoms with Crippen LogP contribution in [-0.4, -0.2) is 29.6 Å². The van der Waals surface area contributed by atoms with Crippen molar-refractivity contribution in [1.82, 2.24) is 4.90 Å². The van der Waals surface area contributed by atoms with Crippen molar-refractivity contribution in [2.75, 3.05) is 13.7 Å². The van der Waals surface area contributed by atoms with E-state index >= 15 is 0 Å². The fourth-order valence-electron chi connectivity index (χ4n) is 2.06. The molecule has 0 atom stereocenters. The Morgan fingerprint density at radius 1 is 1.40 bits per heavy atom. The van der Waals surface area contributed by atoms with Crippen LogP contribution in [0.15, 0.2) is 24.3 Å². The highest BCUT2D eigenvalue weighted by Gasteiger charge is 2.25. The number of aliphatic hydroxyl groups excluding tert-OH is 1. The standard InChI is InChI=1S/C17H21NO2/c1-18(17(20)12-14-9-10-14)13-16-8-3-2-6-15(16)7-4-5-11-19/h2-3,6,8,14,19H,5,9-13H2,1H3. The first-order chi connectivity index (χ1) is 9.70. The number of hydrogen-bond acceptors (Lipinski definition) is 2. The third-order valence-electron chi connectivity index (χ3n) is 3.47. The maximum atomic E-state index is 12.0. The van der Waals surface area contributed by atoms with Gasteiger partial charge < -0.3 is 10.0 Å². The molecule has 2 rings (SSSR count). The van der Waals surface area contributed by atoms with E-state index in [2.05, 4.69) is 11.8 Å². The second-order valence-corrected chi connectivity index (χ2v) is 5.33. The van der Waals surface area contributed by atoms with Gasteiger partial charge in [-0.1, -0.05) is 30.0 Å². The molecule has 1 N–H and O–H groups in total. The van der Waals surface area contributed by atoms with Gasteiger partial charge in [0, 0.05) is 32.0 Å². The zero-order chi connectivity index (χ0) is 14.4. The van der Waals surface area contributed by atoms with Crippen LogP contribution >= 0.6 is 0 Å². The molecule has 106 valence electrons. The van der Waals surface area contributed by atoms with Crippen LogP contribution in [-0.2, 0) is 11.3 Å². The van der Waals surface area contributed by atoms with Crippen molar-refractivity contribution in [3.05, 3.63) is 35.4 Å². The van der Waals surface area contributed by atoms with Gasteiger partial charge in [-0.05, 0) is 30.4 Å². The molecular weight excluding hydrogens is 250 g/mol. The number of carbonyl (C=O) groups is 1. The van der Waals surface area contributed by atoms with Crippen LogP contribution < -0.4 is 0 Å². The Hall–Kier alpha value is -1.79. The molecule has 3 nitrogen and oxygen atoms in total. The van der Waals surface area contributed by atoms with Crippen LogP contribution in [0.5, 0.6) is 0 Å². The normalized spacial score (nSPS) is 13.5. The molecule has 0 bridgehead atoms. The van der Waals surface area contributed by atoms with E-state index in [0.29, 0.717) is 25.3 Å². The monoisotopic (exact) mass is 271 g/mol. The van der Waals surface area contributed by atoms with E-state index in [0.717, 1.165) is 11.1 Å². The lowest BCUT2D eigenvalue weighted by atomic mass is 10.1. The van der Waals surface area contributed by atoms with Crippen molar-refractivity contribution in [2.45, 2.75) is 32.2 Å². The van der Waals surface area contributed by atoms with Crippen molar-refractivity contribution in [2.24, 2.45) is 5.92 Å². The van der Waals surface area contributed by atoms with Crippen LogP contribution in [0.4, 0.5) is 0 Å². The van der Waals surface area contributed by atoms with E-state index in [1.807, 2.05) is 31.3 Å². The Morgan fingerprint density at radius 2 is 2.15 bits per heavy atom. The summed E-state index contributed by atoms with van der Waals surface area (Å²) in [5.41, 5.74) is 2.00. The fraction of sp³-hybridized carbons (Fsp3) is 0.471. The van der Waals surface area contributed by atoms with Gasteiger partial charge in [0.2, 0.25) is 5.91 Å². The molecule has 1 aliphatic rings. The van der Waals surface area contributed by atoms with Crippen LogP contribution in [0.2, 0.25) is 0 Å². The summed E-state index contributed by atoms with van der Waals surface area (Å²) in [6.07, 6.45) is 3.55. The van der Waals surface area contributed by atoms with Gasteiger partial charge >= 0.3 is 0 Å². The van der Waals surface area contributed by atoms with Crippen molar-refractivity contribution in [1.29, 1.82) is 0 Å². The van der Waals surface area contributed by atoms with Gasteiger partial charge in [0.1, 0.15) is 0 Å². The van der Waals surface area contributed by atoms with Crippen molar-refractivity contribution >= 4 is 5.91 Å². The summed E-state index contributed by atoms with van der Waals surface area (Å²) in [6.45, 7) is 0.671. The van der Waals surface area contributed by atoms with Crippen LogP contribution in [0.1, 0.15) is 36.8 Å². The highest BCUT2D eigenvalue weighted by atomic mass is 16.2. The van der Waals surface area contributed by atoms with Crippen LogP contribution in [0.3, 0.4) is 0 Å². The van der Waals surface area contributed by atoms with E-state index in [-0.39, 0.29) is 12.5 Å². The first-order valence-corrected chi connectivity index (χ1v) is 7.12. The molecule has 0 unspecified atom stereocenters. The fourth-order valence-corrected chi connectivity index (χ4v) is 2.06. The number of amides is 1. The smallest absolute Gasteiger partial charge is 0.222 e. The Labute approximate surface area is 120 Å². The summed E-state index contributed by atoms with van der Waals surface area (Å²) < 4.78 is 0. The van der Waals surface area contributed by atoms with Gasteiger partial charge in [-0.15, -0.1) is 0 Å². The summed E-state index contributed by atoms with van der Waals surface area (Å²) in [4.78, 5) is 13.8. The van der Waals surface area contributed by atoms with Crippen LogP contribution in [0.25, 0.3) is 0 Å². The number of benzene rings is 1. The number of hydrogen-bond donors (Lipinski definition) is 1. The molecule has 3 heteroatoms. The first kappa shape index (κ1) is 14.6. The molecule has 1 aromatic rings. The Bertz CT molecular complexity index is 523. The average Bonchev–Trinajstić information content (AvgIpc) is 3.25. The van der Waals surface area contributed by atoms with Crippen molar-refractivity contribution < 1.29 is 9.90 Å². The lowest BCUT2D eigenvalue weighted by molar-refractivity contribution is -0.130. The van der Waals surface area contributed by atoms with E-state index < -0.39 is 0 Å². The zero-order valence-corrected chi connectivity index (χ0v) is 11.9. The lowest BCUT2D eigenvalue weighted by Crippen LogP contribution is -2.26. The molecule has 1 fully saturated rings.